The van der Waals surface area contributed by atoms with Gasteiger partial charge >= 0.3 is 0 Å². The van der Waals surface area contributed by atoms with Crippen LogP contribution in [-0.4, -0.2) is 31.8 Å². The van der Waals surface area contributed by atoms with Crippen molar-refractivity contribution >= 4 is 17.5 Å². The highest BCUT2D eigenvalue weighted by Crippen LogP contribution is 2.29. The Morgan fingerprint density at radius 2 is 2.12 bits per heavy atom. The molecule has 1 aromatic carbocycles. The van der Waals surface area contributed by atoms with Crippen LogP contribution in [0.1, 0.15) is 44.1 Å². The molecule has 1 heterocycles. The fraction of sp³-hybridized carbons (Fsp3) is 0.632. The van der Waals surface area contributed by atoms with Gasteiger partial charge in [0.2, 0.25) is 5.91 Å². The van der Waals surface area contributed by atoms with Crippen molar-refractivity contribution in [2.45, 2.75) is 51.0 Å². The fourth-order valence-electron chi connectivity index (χ4n) is 3.44. The first-order valence-electron chi connectivity index (χ1n) is 9.03. The molecule has 0 radical (unpaired) electrons. The second-order valence-corrected chi connectivity index (χ2v) is 7.18. The monoisotopic (exact) mass is 351 g/mol. The van der Waals surface area contributed by atoms with Gasteiger partial charge in [-0.15, -0.1) is 0 Å². The lowest BCUT2D eigenvalue weighted by molar-refractivity contribution is -0.126. The number of hydrogen-bond acceptors (Lipinski definition) is 3. The SMILES string of the molecule is O=C(NCCCOC1CCCCC1)[C@H]1COc2ccc(Cl)cc2C1. The maximum Gasteiger partial charge on any atom is 0.226 e. The molecule has 0 unspecified atom stereocenters. The van der Waals surface area contributed by atoms with Crippen LogP contribution < -0.4 is 10.1 Å². The van der Waals surface area contributed by atoms with Crippen LogP contribution in [0.15, 0.2) is 18.2 Å². The first-order chi connectivity index (χ1) is 11.7. The Labute approximate surface area is 148 Å². The van der Waals surface area contributed by atoms with Crippen molar-refractivity contribution in [2.24, 2.45) is 5.92 Å². The Morgan fingerprint density at radius 1 is 1.29 bits per heavy atom. The van der Waals surface area contributed by atoms with Crippen molar-refractivity contribution in [2.75, 3.05) is 19.8 Å². The van der Waals surface area contributed by atoms with E-state index >= 15 is 0 Å². The Bertz CT molecular complexity index is 558. The molecule has 0 bridgehead atoms. The summed E-state index contributed by atoms with van der Waals surface area (Å²) in [6, 6.07) is 5.57. The largest absolute Gasteiger partial charge is 0.492 e. The van der Waals surface area contributed by atoms with Gasteiger partial charge in [-0.25, -0.2) is 0 Å². The number of halogens is 1. The van der Waals surface area contributed by atoms with Crippen LogP contribution in [0, 0.1) is 5.92 Å². The molecule has 132 valence electrons. The molecular weight excluding hydrogens is 326 g/mol. The van der Waals surface area contributed by atoms with E-state index in [9.17, 15) is 4.79 Å². The van der Waals surface area contributed by atoms with Crippen molar-refractivity contribution in [1.29, 1.82) is 0 Å². The highest BCUT2D eigenvalue weighted by Gasteiger charge is 2.25. The van der Waals surface area contributed by atoms with E-state index in [0.717, 1.165) is 24.3 Å². The van der Waals surface area contributed by atoms with E-state index < -0.39 is 0 Å². The molecule has 0 saturated heterocycles. The van der Waals surface area contributed by atoms with E-state index in [4.69, 9.17) is 21.1 Å². The third kappa shape index (κ3) is 4.87. The van der Waals surface area contributed by atoms with E-state index in [0.29, 0.717) is 30.7 Å². The smallest absolute Gasteiger partial charge is 0.226 e. The van der Waals surface area contributed by atoms with Gasteiger partial charge in [-0.1, -0.05) is 30.9 Å². The van der Waals surface area contributed by atoms with Crippen molar-refractivity contribution < 1.29 is 14.3 Å². The van der Waals surface area contributed by atoms with Crippen molar-refractivity contribution in [3.8, 4) is 5.75 Å². The lowest BCUT2D eigenvalue weighted by Gasteiger charge is -2.25. The zero-order valence-corrected chi connectivity index (χ0v) is 14.8. The average Bonchev–Trinajstić information content (AvgIpc) is 2.61. The molecule has 5 heteroatoms. The highest BCUT2D eigenvalue weighted by atomic mass is 35.5. The van der Waals surface area contributed by atoms with Crippen molar-refractivity contribution in [1.82, 2.24) is 5.32 Å². The van der Waals surface area contributed by atoms with E-state index in [-0.39, 0.29) is 11.8 Å². The summed E-state index contributed by atoms with van der Waals surface area (Å²) in [6.45, 7) is 1.81. The molecular formula is C19H26ClNO3. The van der Waals surface area contributed by atoms with Gasteiger partial charge in [-0.05, 0) is 49.4 Å². The molecule has 4 nitrogen and oxygen atoms in total. The summed E-state index contributed by atoms with van der Waals surface area (Å²) in [5.41, 5.74) is 1.01. The number of benzene rings is 1. The Morgan fingerprint density at radius 3 is 2.96 bits per heavy atom. The lowest BCUT2D eigenvalue weighted by atomic mass is 9.96. The number of hydrogen-bond donors (Lipinski definition) is 1. The van der Waals surface area contributed by atoms with Crippen molar-refractivity contribution in [3.05, 3.63) is 28.8 Å². The molecule has 1 fully saturated rings. The van der Waals surface area contributed by atoms with E-state index in [1.54, 1.807) is 0 Å². The van der Waals surface area contributed by atoms with Gasteiger partial charge in [0, 0.05) is 18.2 Å². The summed E-state index contributed by atoms with van der Waals surface area (Å²) in [5, 5.41) is 3.68. The summed E-state index contributed by atoms with van der Waals surface area (Å²) in [4.78, 5) is 12.3. The minimum Gasteiger partial charge on any atom is -0.492 e. The molecule has 1 atom stereocenters. The summed E-state index contributed by atoms with van der Waals surface area (Å²) in [7, 11) is 0. The second kappa shape index (κ2) is 8.72. The van der Waals surface area contributed by atoms with Gasteiger partial charge in [0.05, 0.1) is 12.0 Å². The van der Waals surface area contributed by atoms with E-state index in [1.807, 2.05) is 18.2 Å². The number of ether oxygens (including phenoxy) is 2. The minimum absolute atomic E-state index is 0.0540. The summed E-state index contributed by atoms with van der Waals surface area (Å²) in [5.74, 6) is 0.748. The minimum atomic E-state index is -0.143. The normalized spacial score (nSPS) is 21.0. The molecule has 3 rings (SSSR count). The van der Waals surface area contributed by atoms with Gasteiger partial charge in [0.25, 0.3) is 0 Å². The van der Waals surface area contributed by atoms with Crippen LogP contribution in [-0.2, 0) is 16.0 Å². The van der Waals surface area contributed by atoms with Gasteiger partial charge in [0.15, 0.2) is 0 Å². The molecule has 1 aliphatic carbocycles. The number of carbonyl (C=O) groups is 1. The van der Waals surface area contributed by atoms with E-state index in [2.05, 4.69) is 5.32 Å². The molecule has 1 aliphatic heterocycles. The maximum atomic E-state index is 12.3. The maximum absolute atomic E-state index is 12.3. The first-order valence-corrected chi connectivity index (χ1v) is 9.41. The number of rotatable bonds is 6. The van der Waals surface area contributed by atoms with Gasteiger partial charge in [-0.3, -0.25) is 4.79 Å². The van der Waals surface area contributed by atoms with Crippen LogP contribution in [0.4, 0.5) is 0 Å². The third-order valence-electron chi connectivity index (χ3n) is 4.83. The van der Waals surface area contributed by atoms with E-state index in [1.165, 1.54) is 32.1 Å². The second-order valence-electron chi connectivity index (χ2n) is 6.74. The number of amides is 1. The number of carbonyl (C=O) groups excluding carboxylic acids is 1. The molecule has 2 aliphatic rings. The first kappa shape index (κ1) is 17.6. The molecule has 24 heavy (non-hydrogen) atoms. The Hall–Kier alpha value is -1.26. The molecule has 1 N–H and O–H groups in total. The van der Waals surface area contributed by atoms with Crippen LogP contribution >= 0.6 is 11.6 Å². The predicted octanol–water partition coefficient (Wildman–Crippen LogP) is 3.75. The topological polar surface area (TPSA) is 47.6 Å². The number of fused-ring (bicyclic) bond motifs is 1. The Kier molecular flexibility index (Phi) is 6.38. The highest BCUT2D eigenvalue weighted by molar-refractivity contribution is 6.30. The zero-order chi connectivity index (χ0) is 16.8. The van der Waals surface area contributed by atoms with Crippen LogP contribution in [0.3, 0.4) is 0 Å². The molecule has 1 amide bonds. The van der Waals surface area contributed by atoms with Gasteiger partial charge in [-0.2, -0.15) is 0 Å². The quantitative estimate of drug-likeness (QED) is 0.794. The van der Waals surface area contributed by atoms with Crippen LogP contribution in [0.25, 0.3) is 0 Å². The summed E-state index contributed by atoms with van der Waals surface area (Å²) < 4.78 is 11.6. The molecule has 0 spiro atoms. The summed E-state index contributed by atoms with van der Waals surface area (Å²) >= 11 is 6.02. The lowest BCUT2D eigenvalue weighted by Crippen LogP contribution is -2.38. The van der Waals surface area contributed by atoms with Crippen LogP contribution in [0.2, 0.25) is 5.02 Å². The fourth-order valence-corrected chi connectivity index (χ4v) is 3.64. The van der Waals surface area contributed by atoms with Crippen LogP contribution in [0.5, 0.6) is 5.75 Å². The van der Waals surface area contributed by atoms with Gasteiger partial charge in [0.1, 0.15) is 12.4 Å². The zero-order valence-electron chi connectivity index (χ0n) is 14.1. The standard InChI is InChI=1S/C19H26ClNO3/c20-16-7-8-18-14(12-16)11-15(13-24-18)19(22)21-9-4-10-23-17-5-2-1-3-6-17/h7-8,12,15,17H,1-6,9-11,13H2,(H,21,22)/t15-/m1/s1. The predicted molar refractivity (Wildman–Crippen MR) is 94.6 cm³/mol. The van der Waals surface area contributed by atoms with Gasteiger partial charge < -0.3 is 14.8 Å². The Balaban J connectivity index is 1.35. The average molecular weight is 352 g/mol. The molecule has 1 saturated carbocycles. The third-order valence-corrected chi connectivity index (χ3v) is 5.06. The van der Waals surface area contributed by atoms with Crippen molar-refractivity contribution in [3.63, 3.8) is 0 Å². The molecule has 0 aromatic heterocycles. The number of nitrogens with one attached hydrogen (secondary N) is 1. The molecule has 1 aromatic rings. The summed E-state index contributed by atoms with van der Waals surface area (Å²) in [6.07, 6.45) is 8.26.